The van der Waals surface area contributed by atoms with Crippen LogP contribution in [-0.2, 0) is 65.4 Å². The first-order valence-corrected chi connectivity index (χ1v) is 40.9. The van der Waals surface area contributed by atoms with Gasteiger partial charge in [0.05, 0.1) is 26.4 Å². The van der Waals surface area contributed by atoms with Gasteiger partial charge in [-0.2, -0.15) is 0 Å². The van der Waals surface area contributed by atoms with Gasteiger partial charge in [-0.3, -0.25) is 37.3 Å². The molecule has 0 heterocycles. The van der Waals surface area contributed by atoms with E-state index in [0.29, 0.717) is 25.7 Å². The van der Waals surface area contributed by atoms with E-state index in [0.717, 1.165) is 108 Å². The summed E-state index contributed by atoms with van der Waals surface area (Å²) in [6, 6.07) is 0. The average Bonchev–Trinajstić information content (AvgIpc) is 2.58. The number of unbranched alkanes of at least 4 members (excludes halogenated alkanes) is 38. The zero-order valence-corrected chi connectivity index (χ0v) is 61.8. The summed E-state index contributed by atoms with van der Waals surface area (Å²) in [4.78, 5) is 72.7. The van der Waals surface area contributed by atoms with Crippen LogP contribution in [0.2, 0.25) is 0 Å². The standard InChI is InChI=1S/C73H142O17P2/c1-8-10-11-12-13-14-15-21-24-35-42-49-56-72(77)89-68(60-83-70(75)54-47-40-33-28-26-31-38-45-52-65(5)6)62-87-91(79,80)85-58-67(74)59-86-92(81,82)88-63-69(61-84-71(76)55-48-41-34-29-27-32-39-46-53-66(7)9-2)90-73(78)57-50-43-36-25-22-19-17-16-18-20-23-30-37-44-51-64(3)4/h64-69,74H,8-63H2,1-7H3,(H,79,80)(H,81,82)/t66?,67-,68+,69+/m0/s1. The number of aliphatic hydroxyl groups excluding tert-OH is 1. The smallest absolute Gasteiger partial charge is 0.462 e. The van der Waals surface area contributed by atoms with Gasteiger partial charge in [0.2, 0.25) is 0 Å². The van der Waals surface area contributed by atoms with Crippen molar-refractivity contribution >= 4 is 39.5 Å². The number of carbonyl (C=O) groups is 4. The van der Waals surface area contributed by atoms with Crippen molar-refractivity contribution in [2.45, 2.75) is 388 Å². The third-order valence-electron chi connectivity index (χ3n) is 17.2. The van der Waals surface area contributed by atoms with Gasteiger partial charge in [0, 0.05) is 25.7 Å². The number of ether oxygens (including phenoxy) is 4. The number of hydrogen-bond acceptors (Lipinski definition) is 15. The van der Waals surface area contributed by atoms with Crippen LogP contribution in [0.4, 0.5) is 0 Å². The van der Waals surface area contributed by atoms with Crippen molar-refractivity contribution in [1.29, 1.82) is 0 Å². The number of phosphoric acid groups is 2. The van der Waals surface area contributed by atoms with Crippen molar-refractivity contribution in [2.75, 3.05) is 39.6 Å². The molecule has 0 saturated carbocycles. The van der Waals surface area contributed by atoms with E-state index in [-0.39, 0.29) is 25.7 Å². The van der Waals surface area contributed by atoms with Crippen molar-refractivity contribution < 1.29 is 80.2 Å². The Bertz CT molecular complexity index is 1800. The Kier molecular flexibility index (Phi) is 62.4. The van der Waals surface area contributed by atoms with Gasteiger partial charge in [-0.25, -0.2) is 9.13 Å². The quantitative estimate of drug-likeness (QED) is 0.0222. The molecule has 0 aromatic rings. The van der Waals surface area contributed by atoms with Crippen LogP contribution in [0.15, 0.2) is 0 Å². The van der Waals surface area contributed by atoms with Crippen LogP contribution in [0.1, 0.15) is 370 Å². The predicted octanol–water partition coefficient (Wildman–Crippen LogP) is 21.0. The lowest BCUT2D eigenvalue weighted by Gasteiger charge is -2.21. The molecule has 0 fully saturated rings. The van der Waals surface area contributed by atoms with Gasteiger partial charge < -0.3 is 33.8 Å². The fourth-order valence-electron chi connectivity index (χ4n) is 11.0. The molecule has 0 aromatic heterocycles. The minimum absolute atomic E-state index is 0.106. The number of phosphoric ester groups is 2. The van der Waals surface area contributed by atoms with Gasteiger partial charge in [-0.1, -0.05) is 318 Å². The second-order valence-electron chi connectivity index (χ2n) is 27.5. The van der Waals surface area contributed by atoms with Crippen LogP contribution in [0.5, 0.6) is 0 Å². The molecule has 3 unspecified atom stereocenters. The normalized spacial score (nSPS) is 14.4. The summed E-state index contributed by atoms with van der Waals surface area (Å²) in [6.07, 6.45) is 48.5. The van der Waals surface area contributed by atoms with Crippen LogP contribution in [0, 0.1) is 17.8 Å². The van der Waals surface area contributed by atoms with Gasteiger partial charge >= 0.3 is 39.5 Å². The third kappa shape index (κ3) is 65.4. The van der Waals surface area contributed by atoms with Gasteiger partial charge in [0.25, 0.3) is 0 Å². The maximum absolute atomic E-state index is 13.1. The van der Waals surface area contributed by atoms with E-state index in [4.69, 9.17) is 37.0 Å². The number of esters is 4. The van der Waals surface area contributed by atoms with Crippen molar-refractivity contribution in [1.82, 2.24) is 0 Å². The molecule has 3 N–H and O–H groups in total. The van der Waals surface area contributed by atoms with E-state index in [1.54, 1.807) is 0 Å². The van der Waals surface area contributed by atoms with Gasteiger partial charge in [-0.05, 0) is 43.4 Å². The van der Waals surface area contributed by atoms with E-state index in [2.05, 4.69) is 48.5 Å². The zero-order chi connectivity index (χ0) is 68.0. The third-order valence-corrected chi connectivity index (χ3v) is 19.1. The molecule has 0 spiro atoms. The van der Waals surface area contributed by atoms with E-state index in [9.17, 15) is 43.2 Å². The highest BCUT2D eigenvalue weighted by Crippen LogP contribution is 2.45. The van der Waals surface area contributed by atoms with E-state index < -0.39 is 97.5 Å². The highest BCUT2D eigenvalue weighted by Gasteiger charge is 2.30. The van der Waals surface area contributed by atoms with Crippen LogP contribution in [-0.4, -0.2) is 96.7 Å². The summed E-state index contributed by atoms with van der Waals surface area (Å²) < 4.78 is 68.4. The Balaban J connectivity index is 5.25. The molecule has 19 heteroatoms. The molecular formula is C73H142O17P2. The predicted molar refractivity (Wildman–Crippen MR) is 372 cm³/mol. The maximum Gasteiger partial charge on any atom is 0.472 e. The summed E-state index contributed by atoms with van der Waals surface area (Å²) in [5.74, 6) is 0.178. The molecule has 546 valence electrons. The van der Waals surface area contributed by atoms with Crippen LogP contribution >= 0.6 is 15.6 Å². The van der Waals surface area contributed by atoms with Crippen LogP contribution in [0.3, 0.4) is 0 Å². The number of carbonyl (C=O) groups excluding carboxylic acids is 4. The van der Waals surface area contributed by atoms with E-state index in [1.165, 1.54) is 180 Å². The SMILES string of the molecule is CCCCCCCCCCCCCCC(=O)O[C@H](COC(=O)CCCCCCCCCCC(C)C)COP(=O)(O)OC[C@H](O)COP(=O)(O)OC[C@@H](COC(=O)CCCCCCCCCCC(C)CC)OC(=O)CCCCCCCCCCCCCCCCC(C)C. The molecule has 17 nitrogen and oxygen atoms in total. The van der Waals surface area contributed by atoms with Crippen molar-refractivity contribution in [3.8, 4) is 0 Å². The topological polar surface area (TPSA) is 237 Å². The maximum atomic E-state index is 13.1. The summed E-state index contributed by atoms with van der Waals surface area (Å²) in [6.45, 7) is 11.9. The summed E-state index contributed by atoms with van der Waals surface area (Å²) in [5, 5.41) is 10.6. The molecule has 0 saturated heterocycles. The highest BCUT2D eigenvalue weighted by atomic mass is 31.2. The summed E-state index contributed by atoms with van der Waals surface area (Å²) in [7, 11) is -9.91. The van der Waals surface area contributed by atoms with Gasteiger partial charge in [-0.15, -0.1) is 0 Å². The second kappa shape index (κ2) is 63.8. The lowest BCUT2D eigenvalue weighted by Crippen LogP contribution is -2.30. The molecule has 0 amide bonds. The Morgan fingerprint density at radius 2 is 0.554 bits per heavy atom. The molecule has 92 heavy (non-hydrogen) atoms. The first-order chi connectivity index (χ1) is 44.3. The lowest BCUT2D eigenvalue weighted by atomic mass is 9.99. The largest absolute Gasteiger partial charge is 0.472 e. The molecule has 0 bridgehead atoms. The highest BCUT2D eigenvalue weighted by molar-refractivity contribution is 7.47. The lowest BCUT2D eigenvalue weighted by molar-refractivity contribution is -0.161. The Morgan fingerprint density at radius 3 is 0.826 bits per heavy atom. The number of aliphatic hydroxyl groups is 1. The summed E-state index contributed by atoms with van der Waals surface area (Å²) in [5.41, 5.74) is 0. The van der Waals surface area contributed by atoms with Crippen LogP contribution in [0.25, 0.3) is 0 Å². The summed E-state index contributed by atoms with van der Waals surface area (Å²) >= 11 is 0. The first-order valence-electron chi connectivity index (χ1n) is 37.9. The number of hydrogen-bond donors (Lipinski definition) is 3. The average molecular weight is 1350 g/mol. The molecule has 0 rings (SSSR count). The fourth-order valence-corrected chi connectivity index (χ4v) is 12.6. The molecule has 6 atom stereocenters. The molecule has 0 aliphatic carbocycles. The molecule has 0 aliphatic heterocycles. The molecule has 0 radical (unpaired) electrons. The Morgan fingerprint density at radius 1 is 0.315 bits per heavy atom. The number of rotatable bonds is 71. The van der Waals surface area contributed by atoms with Crippen molar-refractivity contribution in [2.24, 2.45) is 17.8 Å². The van der Waals surface area contributed by atoms with Crippen molar-refractivity contribution in [3.05, 3.63) is 0 Å². The minimum Gasteiger partial charge on any atom is -0.462 e. The van der Waals surface area contributed by atoms with Crippen LogP contribution < -0.4 is 0 Å². The first kappa shape index (κ1) is 90.1. The zero-order valence-electron chi connectivity index (χ0n) is 60.0. The molecular weight excluding hydrogens is 1210 g/mol. The Labute approximate surface area is 562 Å². The van der Waals surface area contributed by atoms with Crippen molar-refractivity contribution in [3.63, 3.8) is 0 Å². The monoisotopic (exact) mass is 1350 g/mol. The van der Waals surface area contributed by atoms with E-state index in [1.807, 2.05) is 0 Å². The molecule has 0 aliphatic rings. The Hall–Kier alpha value is -1.94. The van der Waals surface area contributed by atoms with Gasteiger partial charge in [0.1, 0.15) is 19.3 Å². The molecule has 0 aromatic carbocycles. The van der Waals surface area contributed by atoms with E-state index >= 15 is 0 Å². The fraction of sp³-hybridized carbons (Fsp3) is 0.945. The second-order valence-corrected chi connectivity index (χ2v) is 30.4. The minimum atomic E-state index is -4.95. The van der Waals surface area contributed by atoms with Gasteiger partial charge in [0.15, 0.2) is 12.2 Å².